The highest BCUT2D eigenvalue weighted by Gasteiger charge is 2.23. The molecule has 0 aliphatic carbocycles. The summed E-state index contributed by atoms with van der Waals surface area (Å²) in [4.78, 5) is 23.5. The van der Waals surface area contributed by atoms with Gasteiger partial charge in [-0.15, -0.1) is 0 Å². The average molecular weight is 254 g/mol. The topological polar surface area (TPSA) is 89.5 Å². The van der Waals surface area contributed by atoms with Crippen molar-refractivity contribution in [1.82, 2.24) is 9.99 Å². The zero-order valence-electron chi connectivity index (χ0n) is 9.88. The number of hydrazone groups is 1. The van der Waals surface area contributed by atoms with E-state index in [0.717, 1.165) is 0 Å². The number of carbonyl (C=O) groups excluding carboxylic acids is 2. The highest BCUT2D eigenvalue weighted by atomic mass is 16.2. The molecule has 19 heavy (non-hydrogen) atoms. The second-order valence-electron chi connectivity index (χ2n) is 4.08. The summed E-state index contributed by atoms with van der Waals surface area (Å²) in [5.41, 5.74) is 10.0. The number of nitrogens with one attached hydrogen (secondary N) is 1. The minimum Gasteiger partial charge on any atom is -0.351 e. The fraction of sp³-hybridized carbons (Fsp3) is 0. The highest BCUT2D eigenvalue weighted by molar-refractivity contribution is 6.17. The predicted octanol–water partition coefficient (Wildman–Crippen LogP) is 1.29. The van der Waals surface area contributed by atoms with Crippen LogP contribution in [0.5, 0.6) is 0 Å². The maximum absolute atomic E-state index is 11.9. The third-order valence-electron chi connectivity index (χ3n) is 3.09. The maximum Gasteiger partial charge on any atom is 0.323 e. The molecule has 0 saturated carbocycles. The van der Waals surface area contributed by atoms with Crippen LogP contribution in [-0.4, -0.2) is 22.7 Å². The molecule has 0 fully saturated rings. The average Bonchev–Trinajstić information content (AvgIpc) is 2.62. The standard InChI is InChI=1S/C13H10N4O2/c1-2-9-8-6-15-16-12(18)7-4-3-5-10(11(7)8)17(9)13(14)19/h2-6H,1H2,(H2,14,19)(H,16,18). The number of primary amides is 1. The molecule has 3 rings (SSSR count). The Bertz CT molecular complexity index is 771. The van der Waals surface area contributed by atoms with Crippen LogP contribution < -0.4 is 11.2 Å². The molecule has 6 nitrogen and oxygen atoms in total. The molecular formula is C13H10N4O2. The summed E-state index contributed by atoms with van der Waals surface area (Å²) >= 11 is 0. The molecule has 1 aromatic carbocycles. The van der Waals surface area contributed by atoms with Crippen LogP contribution in [0.15, 0.2) is 29.9 Å². The molecule has 3 N–H and O–H groups in total. The van der Waals surface area contributed by atoms with Gasteiger partial charge in [0.25, 0.3) is 5.91 Å². The summed E-state index contributed by atoms with van der Waals surface area (Å²) in [6.07, 6.45) is 3.01. The summed E-state index contributed by atoms with van der Waals surface area (Å²) < 4.78 is 1.33. The number of amides is 2. The number of nitrogens with two attached hydrogens (primary N) is 1. The Hall–Kier alpha value is -2.89. The number of benzene rings is 1. The zero-order chi connectivity index (χ0) is 13.6. The minimum absolute atomic E-state index is 0.321. The zero-order valence-corrected chi connectivity index (χ0v) is 9.88. The molecule has 1 aliphatic rings. The Balaban J connectivity index is 2.58. The van der Waals surface area contributed by atoms with Crippen molar-refractivity contribution < 1.29 is 9.59 Å². The lowest BCUT2D eigenvalue weighted by molar-refractivity contribution is 0.0957. The van der Waals surface area contributed by atoms with Crippen molar-refractivity contribution in [3.8, 4) is 0 Å². The van der Waals surface area contributed by atoms with Crippen molar-refractivity contribution in [3.05, 3.63) is 41.6 Å². The summed E-state index contributed by atoms with van der Waals surface area (Å²) in [7, 11) is 0. The van der Waals surface area contributed by atoms with E-state index in [4.69, 9.17) is 5.73 Å². The quantitative estimate of drug-likeness (QED) is 0.802. The van der Waals surface area contributed by atoms with Crippen LogP contribution >= 0.6 is 0 Å². The van der Waals surface area contributed by atoms with Crippen LogP contribution in [0, 0.1) is 0 Å². The number of aromatic nitrogens is 1. The molecule has 94 valence electrons. The van der Waals surface area contributed by atoms with Crippen molar-refractivity contribution in [2.75, 3.05) is 0 Å². The molecule has 6 heteroatoms. The second-order valence-corrected chi connectivity index (χ2v) is 4.08. The van der Waals surface area contributed by atoms with Gasteiger partial charge in [-0.2, -0.15) is 5.10 Å². The SMILES string of the molecule is C=Cc1c2c3c(cccc3n1C(N)=O)C(=O)NN=C2. The predicted molar refractivity (Wildman–Crippen MR) is 72.1 cm³/mol. The first-order chi connectivity index (χ1) is 9.15. The highest BCUT2D eigenvalue weighted by Crippen LogP contribution is 2.29. The lowest BCUT2D eigenvalue weighted by Gasteiger charge is -2.04. The third kappa shape index (κ3) is 1.40. The van der Waals surface area contributed by atoms with Gasteiger partial charge >= 0.3 is 6.03 Å². The largest absolute Gasteiger partial charge is 0.351 e. The van der Waals surface area contributed by atoms with E-state index in [1.165, 1.54) is 16.9 Å². The smallest absolute Gasteiger partial charge is 0.323 e. The summed E-state index contributed by atoms with van der Waals surface area (Å²) in [6.45, 7) is 3.69. The van der Waals surface area contributed by atoms with E-state index in [1.807, 2.05) is 0 Å². The van der Waals surface area contributed by atoms with Gasteiger partial charge in [0.15, 0.2) is 0 Å². The van der Waals surface area contributed by atoms with Gasteiger partial charge in [-0.1, -0.05) is 12.6 Å². The molecule has 2 aromatic rings. The number of carbonyl (C=O) groups is 2. The van der Waals surface area contributed by atoms with Crippen molar-refractivity contribution in [1.29, 1.82) is 0 Å². The monoisotopic (exact) mass is 254 g/mol. The van der Waals surface area contributed by atoms with E-state index in [2.05, 4.69) is 17.1 Å². The van der Waals surface area contributed by atoms with Crippen LogP contribution in [0.25, 0.3) is 17.0 Å². The second kappa shape index (κ2) is 3.81. The van der Waals surface area contributed by atoms with Gasteiger partial charge in [-0.05, 0) is 18.2 Å². The first-order valence-electron chi connectivity index (χ1n) is 5.58. The molecule has 1 aliphatic heterocycles. The van der Waals surface area contributed by atoms with Crippen molar-refractivity contribution in [2.45, 2.75) is 0 Å². The summed E-state index contributed by atoms with van der Waals surface area (Å²) in [5, 5.41) is 4.48. The van der Waals surface area contributed by atoms with Crippen molar-refractivity contribution in [2.24, 2.45) is 10.8 Å². The molecule has 0 radical (unpaired) electrons. The van der Waals surface area contributed by atoms with E-state index in [9.17, 15) is 9.59 Å². The van der Waals surface area contributed by atoms with Crippen LogP contribution in [0.4, 0.5) is 4.79 Å². The maximum atomic E-state index is 11.9. The molecule has 2 heterocycles. The molecule has 0 atom stereocenters. The first-order valence-corrected chi connectivity index (χ1v) is 5.58. The molecule has 0 unspecified atom stereocenters. The fourth-order valence-corrected chi connectivity index (χ4v) is 2.36. The molecule has 0 saturated heterocycles. The number of rotatable bonds is 1. The normalized spacial score (nSPS) is 13.2. The molecule has 2 amide bonds. The van der Waals surface area contributed by atoms with Crippen molar-refractivity contribution in [3.63, 3.8) is 0 Å². The van der Waals surface area contributed by atoms with Gasteiger partial charge in [0, 0.05) is 10.9 Å². The Kier molecular flexibility index (Phi) is 2.25. The van der Waals surface area contributed by atoms with Crippen LogP contribution in [0.3, 0.4) is 0 Å². The number of nitrogens with zero attached hydrogens (tertiary/aromatic N) is 2. The summed E-state index contributed by atoms with van der Waals surface area (Å²) in [5.74, 6) is -0.321. The Morgan fingerprint density at radius 3 is 2.95 bits per heavy atom. The first kappa shape index (κ1) is 11.2. The Morgan fingerprint density at radius 1 is 1.47 bits per heavy atom. The van der Waals surface area contributed by atoms with Gasteiger partial charge in [0.2, 0.25) is 0 Å². The molecule has 0 spiro atoms. The van der Waals surface area contributed by atoms with Crippen molar-refractivity contribution >= 4 is 35.1 Å². The minimum atomic E-state index is -0.627. The van der Waals surface area contributed by atoms with E-state index >= 15 is 0 Å². The van der Waals surface area contributed by atoms with E-state index < -0.39 is 6.03 Å². The number of hydrogen-bond acceptors (Lipinski definition) is 3. The molecule has 1 aromatic heterocycles. The number of hydrogen-bond donors (Lipinski definition) is 2. The van der Waals surface area contributed by atoms with Gasteiger partial charge in [-0.25, -0.2) is 10.2 Å². The van der Waals surface area contributed by atoms with Gasteiger partial charge in [0.1, 0.15) is 0 Å². The van der Waals surface area contributed by atoms with Crippen LogP contribution in [0.1, 0.15) is 21.6 Å². The van der Waals surface area contributed by atoms with Gasteiger partial charge in [0.05, 0.1) is 23.0 Å². The molecular weight excluding hydrogens is 244 g/mol. The lowest BCUT2D eigenvalue weighted by atomic mass is 10.1. The Morgan fingerprint density at radius 2 is 2.26 bits per heavy atom. The summed E-state index contributed by atoms with van der Waals surface area (Å²) in [6, 6.07) is 4.47. The fourth-order valence-electron chi connectivity index (χ4n) is 2.36. The third-order valence-corrected chi connectivity index (χ3v) is 3.09. The van der Waals surface area contributed by atoms with E-state index in [0.29, 0.717) is 27.7 Å². The lowest BCUT2D eigenvalue weighted by Crippen LogP contribution is -2.21. The van der Waals surface area contributed by atoms with Gasteiger partial charge < -0.3 is 5.73 Å². The van der Waals surface area contributed by atoms with E-state index in [-0.39, 0.29) is 5.91 Å². The van der Waals surface area contributed by atoms with E-state index in [1.54, 1.807) is 18.2 Å². The Labute approximate surface area is 108 Å². The molecule has 0 bridgehead atoms. The van der Waals surface area contributed by atoms with Crippen LogP contribution in [0.2, 0.25) is 0 Å². The van der Waals surface area contributed by atoms with Crippen LogP contribution in [-0.2, 0) is 0 Å². The van der Waals surface area contributed by atoms with Gasteiger partial charge in [-0.3, -0.25) is 9.36 Å².